The van der Waals surface area contributed by atoms with Crippen LogP contribution in [0.2, 0.25) is 0 Å². The van der Waals surface area contributed by atoms with E-state index in [-0.39, 0.29) is 0 Å². The lowest BCUT2D eigenvalue weighted by Gasteiger charge is -1.88. The topological polar surface area (TPSA) is 26.0 Å². The molecule has 0 aromatic carbocycles. The molecular formula is C8H12NO. The molecule has 0 N–H and O–H groups in total. The molecule has 0 bridgehead atoms. The summed E-state index contributed by atoms with van der Waals surface area (Å²) in [6.45, 7) is 5.60. The summed E-state index contributed by atoms with van der Waals surface area (Å²) in [4.78, 5) is 4.15. The first kappa shape index (κ1) is 7.32. The summed E-state index contributed by atoms with van der Waals surface area (Å²) >= 11 is 0. The number of aryl methyl sites for hydroxylation is 2. The van der Waals surface area contributed by atoms with Crippen LogP contribution < -0.4 is 0 Å². The van der Waals surface area contributed by atoms with Crippen molar-refractivity contribution < 1.29 is 4.42 Å². The van der Waals surface area contributed by atoms with Crippen molar-refractivity contribution in [3.8, 4) is 0 Å². The minimum atomic E-state index is 0.749. The van der Waals surface area contributed by atoms with E-state index in [1.54, 1.807) is 6.26 Å². The average Bonchev–Trinajstić information content (AvgIpc) is 2.31. The fourth-order valence-corrected chi connectivity index (χ4v) is 0.829. The van der Waals surface area contributed by atoms with Crippen molar-refractivity contribution in [2.45, 2.75) is 26.2 Å². The molecule has 1 aromatic heterocycles. The van der Waals surface area contributed by atoms with E-state index in [0.29, 0.717) is 0 Å². The van der Waals surface area contributed by atoms with Gasteiger partial charge < -0.3 is 4.42 Å². The van der Waals surface area contributed by atoms with Crippen LogP contribution in [-0.2, 0) is 6.42 Å². The van der Waals surface area contributed by atoms with E-state index >= 15 is 0 Å². The van der Waals surface area contributed by atoms with Crippen LogP contribution in [-0.4, -0.2) is 4.98 Å². The molecule has 55 valence electrons. The molecule has 1 radical (unpaired) electrons. The molecule has 0 spiro atoms. The molecule has 0 atom stereocenters. The maximum absolute atomic E-state index is 5.03. The Morgan fingerprint density at radius 3 is 3.00 bits per heavy atom. The predicted octanol–water partition coefficient (Wildman–Crippen LogP) is 2.14. The third kappa shape index (κ3) is 1.87. The van der Waals surface area contributed by atoms with Crippen LogP contribution in [0.4, 0.5) is 0 Å². The van der Waals surface area contributed by atoms with Gasteiger partial charge in [-0.25, -0.2) is 4.98 Å². The Balaban J connectivity index is 2.42. The van der Waals surface area contributed by atoms with Gasteiger partial charge in [0.2, 0.25) is 0 Å². The molecule has 1 heterocycles. The second-order valence-corrected chi connectivity index (χ2v) is 2.31. The molecule has 1 aromatic rings. The van der Waals surface area contributed by atoms with Crippen LogP contribution in [0.5, 0.6) is 0 Å². The quantitative estimate of drug-likeness (QED) is 0.639. The molecule has 0 saturated heterocycles. The van der Waals surface area contributed by atoms with Gasteiger partial charge in [0, 0.05) is 6.92 Å². The summed E-state index contributed by atoms with van der Waals surface area (Å²) in [6, 6.07) is 0. The molecule has 10 heavy (non-hydrogen) atoms. The summed E-state index contributed by atoms with van der Waals surface area (Å²) in [5.41, 5.74) is 1.04. The Labute approximate surface area is 61.3 Å². The molecular weight excluding hydrogens is 126 g/mol. The number of hydrogen-bond acceptors (Lipinski definition) is 2. The molecule has 1 rings (SSSR count). The normalized spacial score (nSPS) is 10.2. The Morgan fingerprint density at radius 2 is 2.50 bits per heavy atom. The fraction of sp³-hybridized carbons (Fsp3) is 0.500. The van der Waals surface area contributed by atoms with E-state index in [1.165, 1.54) is 0 Å². The molecule has 0 aliphatic heterocycles. The molecule has 0 aliphatic carbocycles. The standard InChI is InChI=1S/C8H12NO/c1-3-4-5-8-6-10-7(2)9-8/h6H,1,3-5H2,2H3. The van der Waals surface area contributed by atoms with Crippen molar-refractivity contribution in [2.24, 2.45) is 0 Å². The molecule has 2 heteroatoms. The summed E-state index contributed by atoms with van der Waals surface area (Å²) in [5.74, 6) is 0.749. The van der Waals surface area contributed by atoms with Gasteiger partial charge in [0.15, 0.2) is 5.89 Å². The van der Waals surface area contributed by atoms with Gasteiger partial charge in [-0.05, 0) is 12.8 Å². The van der Waals surface area contributed by atoms with Crippen molar-refractivity contribution >= 4 is 0 Å². The zero-order valence-corrected chi connectivity index (χ0v) is 6.26. The van der Waals surface area contributed by atoms with E-state index in [9.17, 15) is 0 Å². The van der Waals surface area contributed by atoms with Gasteiger partial charge in [-0.15, -0.1) is 0 Å². The van der Waals surface area contributed by atoms with Gasteiger partial charge in [-0.2, -0.15) is 0 Å². The maximum Gasteiger partial charge on any atom is 0.191 e. The van der Waals surface area contributed by atoms with Crippen LogP contribution in [0, 0.1) is 13.8 Å². The van der Waals surface area contributed by atoms with Crippen LogP contribution in [0.3, 0.4) is 0 Å². The van der Waals surface area contributed by atoms with E-state index in [1.807, 2.05) is 6.92 Å². The largest absolute Gasteiger partial charge is 0.449 e. The fourth-order valence-electron chi connectivity index (χ4n) is 0.829. The zero-order valence-electron chi connectivity index (χ0n) is 6.26. The van der Waals surface area contributed by atoms with Crippen LogP contribution >= 0.6 is 0 Å². The zero-order chi connectivity index (χ0) is 7.40. The monoisotopic (exact) mass is 138 g/mol. The van der Waals surface area contributed by atoms with Crippen molar-refractivity contribution in [1.82, 2.24) is 4.98 Å². The first-order chi connectivity index (χ1) is 4.83. The minimum Gasteiger partial charge on any atom is -0.449 e. The lowest BCUT2D eigenvalue weighted by Crippen LogP contribution is -1.83. The number of nitrogens with zero attached hydrogens (tertiary/aromatic N) is 1. The average molecular weight is 138 g/mol. The maximum atomic E-state index is 5.03. The highest BCUT2D eigenvalue weighted by atomic mass is 16.3. The molecule has 0 fully saturated rings. The number of rotatable bonds is 3. The van der Waals surface area contributed by atoms with Crippen molar-refractivity contribution in [3.05, 3.63) is 24.8 Å². The van der Waals surface area contributed by atoms with E-state index in [4.69, 9.17) is 4.42 Å². The molecule has 2 nitrogen and oxygen atoms in total. The first-order valence-electron chi connectivity index (χ1n) is 3.53. The summed E-state index contributed by atoms with van der Waals surface area (Å²) < 4.78 is 5.03. The van der Waals surface area contributed by atoms with Gasteiger partial charge in [0.1, 0.15) is 6.26 Å². The Kier molecular flexibility index (Phi) is 2.49. The first-order valence-corrected chi connectivity index (χ1v) is 3.53. The molecule has 0 saturated carbocycles. The lowest BCUT2D eigenvalue weighted by molar-refractivity contribution is 0.520. The second-order valence-electron chi connectivity index (χ2n) is 2.31. The number of hydrogen-bond donors (Lipinski definition) is 0. The summed E-state index contributed by atoms with van der Waals surface area (Å²) in [7, 11) is 0. The highest BCUT2D eigenvalue weighted by molar-refractivity contribution is 4.94. The lowest BCUT2D eigenvalue weighted by atomic mass is 10.2. The van der Waals surface area contributed by atoms with Gasteiger partial charge in [-0.1, -0.05) is 13.3 Å². The van der Waals surface area contributed by atoms with Crippen LogP contribution in [0.15, 0.2) is 10.7 Å². The Bertz CT molecular complexity index is 193. The number of oxazole rings is 1. The Hall–Kier alpha value is -0.790. The van der Waals surface area contributed by atoms with Gasteiger partial charge in [0.25, 0.3) is 0 Å². The summed E-state index contributed by atoms with van der Waals surface area (Å²) in [5, 5.41) is 0. The highest BCUT2D eigenvalue weighted by Gasteiger charge is 1.96. The van der Waals surface area contributed by atoms with Crippen LogP contribution in [0.1, 0.15) is 24.4 Å². The van der Waals surface area contributed by atoms with Crippen molar-refractivity contribution in [1.29, 1.82) is 0 Å². The van der Waals surface area contributed by atoms with E-state index in [2.05, 4.69) is 11.9 Å². The number of unbranched alkanes of at least 4 members (excludes halogenated alkanes) is 1. The third-order valence-corrected chi connectivity index (χ3v) is 1.35. The minimum absolute atomic E-state index is 0.749. The smallest absolute Gasteiger partial charge is 0.191 e. The highest BCUT2D eigenvalue weighted by Crippen LogP contribution is 2.03. The second kappa shape index (κ2) is 3.40. The van der Waals surface area contributed by atoms with Crippen LogP contribution in [0.25, 0.3) is 0 Å². The molecule has 0 amide bonds. The van der Waals surface area contributed by atoms with Gasteiger partial charge in [-0.3, -0.25) is 0 Å². The van der Waals surface area contributed by atoms with Gasteiger partial charge in [0.05, 0.1) is 5.69 Å². The SMILES string of the molecule is [CH2]CCCc1coc(C)n1. The Morgan fingerprint density at radius 1 is 1.70 bits per heavy atom. The van der Waals surface area contributed by atoms with Crippen molar-refractivity contribution in [3.63, 3.8) is 0 Å². The predicted molar refractivity (Wildman–Crippen MR) is 39.5 cm³/mol. The van der Waals surface area contributed by atoms with Gasteiger partial charge >= 0.3 is 0 Å². The van der Waals surface area contributed by atoms with E-state index in [0.717, 1.165) is 30.8 Å². The molecule has 0 unspecified atom stereocenters. The van der Waals surface area contributed by atoms with Crippen molar-refractivity contribution in [2.75, 3.05) is 0 Å². The summed E-state index contributed by atoms with van der Waals surface area (Å²) in [6.07, 6.45) is 4.75. The third-order valence-electron chi connectivity index (χ3n) is 1.35. The molecule has 0 aliphatic rings. The number of aromatic nitrogens is 1. The van der Waals surface area contributed by atoms with E-state index < -0.39 is 0 Å².